The van der Waals surface area contributed by atoms with E-state index < -0.39 is 11.5 Å². The van der Waals surface area contributed by atoms with Gasteiger partial charge in [-0.3, -0.25) is 4.79 Å². The third-order valence-corrected chi connectivity index (χ3v) is 3.51. The standard InChI is InChI=1S/C13H24N2O4/c1-19-9-8-14-10-11(16)15-13(12(17)18)6-4-2-3-5-7-13/h14H,2-10H2,1H3,(H,15,16)(H,17,18). The van der Waals surface area contributed by atoms with Gasteiger partial charge in [-0.25, -0.2) is 4.79 Å². The highest BCUT2D eigenvalue weighted by Gasteiger charge is 2.39. The molecule has 1 aliphatic carbocycles. The highest BCUT2D eigenvalue weighted by molar-refractivity contribution is 5.87. The maximum absolute atomic E-state index is 11.8. The van der Waals surface area contributed by atoms with Crippen LogP contribution in [0.1, 0.15) is 38.5 Å². The summed E-state index contributed by atoms with van der Waals surface area (Å²) in [6.07, 6.45) is 4.82. The molecular formula is C13H24N2O4. The van der Waals surface area contributed by atoms with Gasteiger partial charge in [0.25, 0.3) is 0 Å². The number of nitrogens with one attached hydrogen (secondary N) is 2. The van der Waals surface area contributed by atoms with Crippen LogP contribution in [0, 0.1) is 0 Å². The molecule has 0 bridgehead atoms. The van der Waals surface area contributed by atoms with E-state index in [1.165, 1.54) is 0 Å². The molecule has 0 unspecified atom stereocenters. The monoisotopic (exact) mass is 272 g/mol. The van der Waals surface area contributed by atoms with Crippen molar-refractivity contribution in [1.82, 2.24) is 10.6 Å². The molecule has 0 atom stereocenters. The van der Waals surface area contributed by atoms with Crippen LogP contribution in [0.4, 0.5) is 0 Å². The second-order valence-electron chi connectivity index (χ2n) is 5.02. The lowest BCUT2D eigenvalue weighted by Crippen LogP contribution is -2.56. The molecule has 3 N–H and O–H groups in total. The van der Waals surface area contributed by atoms with Gasteiger partial charge in [0, 0.05) is 13.7 Å². The fraction of sp³-hybridized carbons (Fsp3) is 0.846. The summed E-state index contributed by atoms with van der Waals surface area (Å²) >= 11 is 0. The molecule has 0 radical (unpaired) electrons. The lowest BCUT2D eigenvalue weighted by Gasteiger charge is -2.29. The Hall–Kier alpha value is -1.14. The summed E-state index contributed by atoms with van der Waals surface area (Å²) in [5, 5.41) is 15.0. The molecule has 1 saturated carbocycles. The second-order valence-corrected chi connectivity index (χ2v) is 5.02. The molecule has 0 aromatic rings. The number of rotatable bonds is 7. The molecule has 6 heteroatoms. The van der Waals surface area contributed by atoms with Crippen molar-refractivity contribution in [2.75, 3.05) is 26.8 Å². The number of aliphatic carboxylic acids is 1. The van der Waals surface area contributed by atoms with E-state index in [9.17, 15) is 14.7 Å². The average Bonchev–Trinajstić information content (AvgIpc) is 2.61. The third-order valence-electron chi connectivity index (χ3n) is 3.51. The van der Waals surface area contributed by atoms with Gasteiger partial charge < -0.3 is 20.5 Å². The predicted octanol–water partition coefficient (Wildman–Crippen LogP) is 0.516. The Morgan fingerprint density at radius 1 is 1.21 bits per heavy atom. The normalized spacial score (nSPS) is 18.6. The Bertz CT molecular complexity index is 299. The van der Waals surface area contributed by atoms with Gasteiger partial charge in [-0.05, 0) is 12.8 Å². The Balaban J connectivity index is 2.48. The van der Waals surface area contributed by atoms with E-state index in [2.05, 4.69) is 10.6 Å². The summed E-state index contributed by atoms with van der Waals surface area (Å²) in [6, 6.07) is 0. The SMILES string of the molecule is COCCNCC(=O)NC1(C(=O)O)CCCCCC1. The zero-order chi connectivity index (χ0) is 14.1. The molecule has 6 nitrogen and oxygen atoms in total. The van der Waals surface area contributed by atoms with Gasteiger partial charge in [-0.2, -0.15) is 0 Å². The highest BCUT2D eigenvalue weighted by atomic mass is 16.5. The third kappa shape index (κ3) is 5.16. The predicted molar refractivity (Wildman–Crippen MR) is 71.0 cm³/mol. The second kappa shape index (κ2) is 8.12. The number of amides is 1. The summed E-state index contributed by atoms with van der Waals surface area (Å²) in [5.74, 6) is -1.18. The van der Waals surface area contributed by atoms with E-state index in [-0.39, 0.29) is 12.5 Å². The first-order valence-electron chi connectivity index (χ1n) is 6.85. The molecule has 1 rings (SSSR count). The summed E-state index contributed by atoms with van der Waals surface area (Å²) in [7, 11) is 1.59. The van der Waals surface area contributed by atoms with E-state index >= 15 is 0 Å². The van der Waals surface area contributed by atoms with Crippen LogP contribution in [0.2, 0.25) is 0 Å². The van der Waals surface area contributed by atoms with Crippen molar-refractivity contribution >= 4 is 11.9 Å². The van der Waals surface area contributed by atoms with Gasteiger partial charge in [0.1, 0.15) is 5.54 Å². The minimum Gasteiger partial charge on any atom is -0.480 e. The van der Waals surface area contributed by atoms with Crippen molar-refractivity contribution in [1.29, 1.82) is 0 Å². The van der Waals surface area contributed by atoms with Crippen LogP contribution in [-0.4, -0.2) is 49.3 Å². The molecule has 0 saturated heterocycles. The van der Waals surface area contributed by atoms with E-state index in [1.807, 2.05) is 0 Å². The van der Waals surface area contributed by atoms with Gasteiger partial charge >= 0.3 is 5.97 Å². The van der Waals surface area contributed by atoms with Gasteiger partial charge in [-0.1, -0.05) is 25.7 Å². The maximum atomic E-state index is 11.8. The molecule has 0 aromatic carbocycles. The molecule has 0 aliphatic heterocycles. The van der Waals surface area contributed by atoms with Crippen LogP contribution in [0.5, 0.6) is 0 Å². The summed E-state index contributed by atoms with van der Waals surface area (Å²) in [6.45, 7) is 1.22. The molecular weight excluding hydrogens is 248 g/mol. The minimum absolute atomic E-state index is 0.123. The van der Waals surface area contributed by atoms with Crippen LogP contribution >= 0.6 is 0 Å². The number of carbonyl (C=O) groups excluding carboxylic acids is 1. The Morgan fingerprint density at radius 2 is 1.84 bits per heavy atom. The molecule has 0 aromatic heterocycles. The topological polar surface area (TPSA) is 87.7 Å². The first-order chi connectivity index (χ1) is 9.10. The van der Waals surface area contributed by atoms with Crippen LogP contribution in [0.25, 0.3) is 0 Å². The van der Waals surface area contributed by atoms with Crippen molar-refractivity contribution in [3.05, 3.63) is 0 Å². The fourth-order valence-corrected chi connectivity index (χ4v) is 2.41. The first kappa shape index (κ1) is 15.9. The quantitative estimate of drug-likeness (QED) is 0.464. The highest BCUT2D eigenvalue weighted by Crippen LogP contribution is 2.27. The van der Waals surface area contributed by atoms with Gasteiger partial charge in [0.05, 0.1) is 13.2 Å². The smallest absolute Gasteiger partial charge is 0.329 e. The average molecular weight is 272 g/mol. The molecule has 0 heterocycles. The number of carbonyl (C=O) groups is 2. The number of carboxylic acid groups (broad SMARTS) is 1. The van der Waals surface area contributed by atoms with Crippen LogP contribution in [-0.2, 0) is 14.3 Å². The molecule has 1 aliphatic rings. The molecule has 0 spiro atoms. The van der Waals surface area contributed by atoms with E-state index in [1.54, 1.807) is 7.11 Å². The fourth-order valence-electron chi connectivity index (χ4n) is 2.41. The van der Waals surface area contributed by atoms with Crippen LogP contribution < -0.4 is 10.6 Å². The summed E-state index contributed by atoms with van der Waals surface area (Å²) < 4.78 is 4.86. The number of methoxy groups -OCH3 is 1. The van der Waals surface area contributed by atoms with Crippen molar-refractivity contribution in [2.24, 2.45) is 0 Å². The Labute approximate surface area is 113 Å². The zero-order valence-electron chi connectivity index (χ0n) is 11.5. The number of hydrogen-bond acceptors (Lipinski definition) is 4. The maximum Gasteiger partial charge on any atom is 0.329 e. The van der Waals surface area contributed by atoms with Gasteiger partial charge in [0.15, 0.2) is 0 Å². The Kier molecular flexibility index (Phi) is 6.80. The lowest BCUT2D eigenvalue weighted by atomic mass is 9.90. The van der Waals surface area contributed by atoms with Crippen molar-refractivity contribution in [3.63, 3.8) is 0 Å². The largest absolute Gasteiger partial charge is 0.480 e. The van der Waals surface area contributed by atoms with Gasteiger partial charge in [-0.15, -0.1) is 0 Å². The van der Waals surface area contributed by atoms with E-state index in [0.29, 0.717) is 26.0 Å². The molecule has 19 heavy (non-hydrogen) atoms. The number of carboxylic acids is 1. The lowest BCUT2D eigenvalue weighted by molar-refractivity contribution is -0.148. The van der Waals surface area contributed by atoms with E-state index in [4.69, 9.17) is 4.74 Å². The molecule has 1 fully saturated rings. The summed E-state index contributed by atoms with van der Waals surface area (Å²) in [4.78, 5) is 23.3. The molecule has 1 amide bonds. The van der Waals surface area contributed by atoms with Crippen LogP contribution in [0.3, 0.4) is 0 Å². The number of ether oxygens (including phenoxy) is 1. The van der Waals surface area contributed by atoms with E-state index in [0.717, 1.165) is 25.7 Å². The van der Waals surface area contributed by atoms with Crippen molar-refractivity contribution in [2.45, 2.75) is 44.1 Å². The number of hydrogen-bond donors (Lipinski definition) is 3. The summed E-state index contributed by atoms with van der Waals surface area (Å²) in [5.41, 5.74) is -1.07. The Morgan fingerprint density at radius 3 is 2.37 bits per heavy atom. The minimum atomic E-state index is -1.07. The van der Waals surface area contributed by atoms with Crippen LogP contribution in [0.15, 0.2) is 0 Å². The zero-order valence-corrected chi connectivity index (χ0v) is 11.5. The van der Waals surface area contributed by atoms with Crippen molar-refractivity contribution < 1.29 is 19.4 Å². The van der Waals surface area contributed by atoms with Crippen molar-refractivity contribution in [3.8, 4) is 0 Å². The first-order valence-corrected chi connectivity index (χ1v) is 6.85. The van der Waals surface area contributed by atoms with Gasteiger partial charge in [0.2, 0.25) is 5.91 Å². The molecule has 110 valence electrons.